The third kappa shape index (κ3) is 5.93. The number of hydrogen-bond donors (Lipinski definition) is 1. The standard InChI is InChI=1S/C21H14F7N3O3S/c1-9-14(18(32)29-10-4-3-5-11(8-10)35-2)19(31-30-17(9)21(26,27)28)33-12-6-7-13(34-20(24)25)16(23)15(12)22/h3-8,20H,1-2H3,(H,29,32). The second-order valence-electron chi connectivity index (χ2n) is 6.71. The number of rotatable bonds is 7. The molecule has 0 unspecified atom stereocenters. The van der Waals surface area contributed by atoms with Gasteiger partial charge in [0.2, 0.25) is 11.6 Å². The van der Waals surface area contributed by atoms with Gasteiger partial charge in [-0.15, -0.1) is 22.0 Å². The molecule has 35 heavy (non-hydrogen) atoms. The normalized spacial score (nSPS) is 11.5. The van der Waals surface area contributed by atoms with Crippen LogP contribution in [0.5, 0.6) is 17.4 Å². The summed E-state index contributed by atoms with van der Waals surface area (Å²) < 4.78 is 102. The SMILES string of the molecule is CSc1cccc(NC(=O)c2c(Oc3ccc(OC(F)F)c(F)c3F)nnc(C(F)(F)F)c2C)c1. The number of thioether (sulfide) groups is 1. The van der Waals surface area contributed by atoms with Crippen molar-refractivity contribution in [1.29, 1.82) is 0 Å². The number of amides is 1. The van der Waals surface area contributed by atoms with Gasteiger partial charge in [0.15, 0.2) is 17.2 Å². The van der Waals surface area contributed by atoms with Gasteiger partial charge in [-0.25, -0.2) is 0 Å². The fraction of sp³-hybridized carbons (Fsp3) is 0.190. The Hall–Kier alpha value is -3.55. The summed E-state index contributed by atoms with van der Waals surface area (Å²) in [6, 6.07) is 7.64. The van der Waals surface area contributed by atoms with Gasteiger partial charge in [-0.3, -0.25) is 4.79 Å². The molecule has 1 aromatic heterocycles. The van der Waals surface area contributed by atoms with Crippen LogP contribution in [0.15, 0.2) is 41.3 Å². The molecule has 0 bridgehead atoms. The summed E-state index contributed by atoms with van der Waals surface area (Å²) in [5, 5.41) is 8.65. The quantitative estimate of drug-likeness (QED) is 0.285. The first-order valence-electron chi connectivity index (χ1n) is 9.43. The van der Waals surface area contributed by atoms with E-state index in [9.17, 15) is 35.5 Å². The number of nitrogens with zero attached hydrogens (tertiary/aromatic N) is 2. The Bertz CT molecular complexity index is 1260. The summed E-state index contributed by atoms with van der Waals surface area (Å²) in [6.07, 6.45) is -3.22. The summed E-state index contributed by atoms with van der Waals surface area (Å²) in [6.45, 7) is -2.52. The second kappa shape index (κ2) is 10.4. The molecule has 14 heteroatoms. The van der Waals surface area contributed by atoms with E-state index in [0.717, 1.165) is 11.8 Å². The van der Waals surface area contributed by atoms with Crippen LogP contribution in [-0.4, -0.2) is 29.0 Å². The van der Waals surface area contributed by atoms with E-state index in [1.165, 1.54) is 17.8 Å². The highest BCUT2D eigenvalue weighted by Gasteiger charge is 2.38. The molecule has 3 aromatic rings. The van der Waals surface area contributed by atoms with Gasteiger partial charge < -0.3 is 14.8 Å². The lowest BCUT2D eigenvalue weighted by Crippen LogP contribution is -2.21. The molecular formula is C21H14F7N3O3S. The fourth-order valence-corrected chi connectivity index (χ4v) is 3.35. The Morgan fingerprint density at radius 1 is 1.06 bits per heavy atom. The smallest absolute Gasteiger partial charge is 0.434 e. The predicted octanol–water partition coefficient (Wildman–Crippen LogP) is 6.45. The molecule has 0 saturated carbocycles. The number of carbonyl (C=O) groups is 1. The Kier molecular flexibility index (Phi) is 7.73. The van der Waals surface area contributed by atoms with Crippen molar-refractivity contribution in [2.45, 2.75) is 24.6 Å². The van der Waals surface area contributed by atoms with Crippen LogP contribution in [0, 0.1) is 18.6 Å². The summed E-state index contributed by atoms with van der Waals surface area (Å²) in [5.41, 5.74) is -2.72. The molecule has 186 valence electrons. The van der Waals surface area contributed by atoms with Crippen LogP contribution < -0.4 is 14.8 Å². The summed E-state index contributed by atoms with van der Waals surface area (Å²) in [5.74, 6) is -7.73. The van der Waals surface area contributed by atoms with Gasteiger partial charge in [0.25, 0.3) is 11.8 Å². The maximum absolute atomic E-state index is 14.4. The number of carbonyl (C=O) groups excluding carboxylic acids is 1. The average Bonchev–Trinajstić information content (AvgIpc) is 2.77. The Morgan fingerprint density at radius 3 is 2.34 bits per heavy atom. The number of halogens is 7. The molecule has 3 rings (SSSR count). The minimum atomic E-state index is -4.99. The minimum Gasteiger partial charge on any atom is -0.434 e. The Balaban J connectivity index is 2.06. The second-order valence-corrected chi connectivity index (χ2v) is 7.59. The third-order valence-electron chi connectivity index (χ3n) is 4.44. The predicted molar refractivity (Wildman–Crippen MR) is 111 cm³/mol. The van der Waals surface area contributed by atoms with Gasteiger partial charge in [0.1, 0.15) is 5.56 Å². The summed E-state index contributed by atoms with van der Waals surface area (Å²) in [4.78, 5) is 13.7. The Labute approximate surface area is 197 Å². The van der Waals surface area contributed by atoms with Crippen LogP contribution in [0.1, 0.15) is 21.6 Å². The molecule has 1 amide bonds. The summed E-state index contributed by atoms with van der Waals surface area (Å²) in [7, 11) is 0. The molecular weight excluding hydrogens is 507 g/mol. The van der Waals surface area contributed by atoms with E-state index in [4.69, 9.17) is 4.74 Å². The van der Waals surface area contributed by atoms with Gasteiger partial charge in [-0.05, 0) is 49.1 Å². The van der Waals surface area contributed by atoms with Crippen molar-refractivity contribution in [3.05, 3.63) is 64.9 Å². The number of ether oxygens (including phenoxy) is 2. The van der Waals surface area contributed by atoms with Crippen LogP contribution in [0.4, 0.5) is 36.4 Å². The number of anilines is 1. The zero-order valence-corrected chi connectivity index (χ0v) is 18.5. The van der Waals surface area contributed by atoms with Crippen LogP contribution in [0.2, 0.25) is 0 Å². The fourth-order valence-electron chi connectivity index (χ4n) is 2.89. The van der Waals surface area contributed by atoms with E-state index in [1.54, 1.807) is 24.5 Å². The van der Waals surface area contributed by atoms with E-state index in [-0.39, 0.29) is 5.69 Å². The van der Waals surface area contributed by atoms with Gasteiger partial charge in [0.05, 0.1) is 0 Å². The van der Waals surface area contributed by atoms with Crippen LogP contribution in [0.25, 0.3) is 0 Å². The van der Waals surface area contributed by atoms with Crippen molar-refractivity contribution in [2.24, 2.45) is 0 Å². The van der Waals surface area contributed by atoms with Crippen molar-refractivity contribution < 1.29 is 45.0 Å². The molecule has 1 N–H and O–H groups in total. The topological polar surface area (TPSA) is 73.3 Å². The van der Waals surface area contributed by atoms with Crippen LogP contribution >= 0.6 is 11.8 Å². The Morgan fingerprint density at radius 2 is 1.71 bits per heavy atom. The van der Waals surface area contributed by atoms with Crippen LogP contribution in [0.3, 0.4) is 0 Å². The third-order valence-corrected chi connectivity index (χ3v) is 5.17. The molecule has 0 radical (unpaired) electrons. The van der Waals surface area contributed by atoms with Crippen LogP contribution in [-0.2, 0) is 6.18 Å². The minimum absolute atomic E-state index is 0.225. The van der Waals surface area contributed by atoms with Crippen molar-refractivity contribution in [3.8, 4) is 17.4 Å². The lowest BCUT2D eigenvalue weighted by molar-refractivity contribution is -0.142. The average molecular weight is 521 g/mol. The van der Waals surface area contributed by atoms with E-state index >= 15 is 0 Å². The molecule has 0 aliphatic carbocycles. The molecule has 6 nitrogen and oxygen atoms in total. The number of hydrogen-bond acceptors (Lipinski definition) is 6. The first-order chi connectivity index (χ1) is 16.4. The molecule has 0 aliphatic rings. The lowest BCUT2D eigenvalue weighted by Gasteiger charge is -2.16. The van der Waals surface area contributed by atoms with Crippen molar-refractivity contribution in [1.82, 2.24) is 10.2 Å². The van der Waals surface area contributed by atoms with Gasteiger partial charge in [-0.2, -0.15) is 30.7 Å². The van der Waals surface area contributed by atoms with Gasteiger partial charge >= 0.3 is 12.8 Å². The molecule has 0 fully saturated rings. The van der Waals surface area contributed by atoms with Gasteiger partial charge in [0, 0.05) is 10.6 Å². The highest BCUT2D eigenvalue weighted by atomic mass is 32.2. The number of benzene rings is 2. The molecule has 2 aromatic carbocycles. The van der Waals surface area contributed by atoms with Crippen molar-refractivity contribution in [2.75, 3.05) is 11.6 Å². The van der Waals surface area contributed by atoms with Crippen molar-refractivity contribution >= 4 is 23.4 Å². The highest BCUT2D eigenvalue weighted by molar-refractivity contribution is 7.98. The van der Waals surface area contributed by atoms with E-state index in [0.29, 0.717) is 12.1 Å². The molecule has 0 saturated heterocycles. The molecule has 0 aliphatic heterocycles. The maximum Gasteiger partial charge on any atom is 0.435 e. The number of nitrogens with one attached hydrogen (secondary N) is 1. The molecule has 0 atom stereocenters. The van der Waals surface area contributed by atoms with Crippen molar-refractivity contribution in [3.63, 3.8) is 0 Å². The van der Waals surface area contributed by atoms with Gasteiger partial charge in [-0.1, -0.05) is 6.07 Å². The zero-order chi connectivity index (χ0) is 25.9. The monoisotopic (exact) mass is 521 g/mol. The van der Waals surface area contributed by atoms with E-state index in [2.05, 4.69) is 20.3 Å². The first kappa shape index (κ1) is 26.1. The van der Waals surface area contributed by atoms with E-state index < -0.39 is 64.5 Å². The first-order valence-corrected chi connectivity index (χ1v) is 10.6. The largest absolute Gasteiger partial charge is 0.435 e. The van der Waals surface area contributed by atoms with E-state index in [1.807, 2.05) is 0 Å². The maximum atomic E-state index is 14.4. The number of alkyl halides is 5. The molecule has 0 spiro atoms. The number of aromatic nitrogens is 2. The summed E-state index contributed by atoms with van der Waals surface area (Å²) >= 11 is 1.35. The molecule has 1 heterocycles. The lowest BCUT2D eigenvalue weighted by atomic mass is 10.1. The zero-order valence-electron chi connectivity index (χ0n) is 17.7. The highest BCUT2D eigenvalue weighted by Crippen LogP contribution is 2.37.